The molecule has 0 aliphatic carbocycles. The summed E-state index contributed by atoms with van der Waals surface area (Å²) in [4.78, 5) is 29.0. The van der Waals surface area contributed by atoms with Gasteiger partial charge >= 0.3 is 5.97 Å². The Morgan fingerprint density at radius 3 is 2.74 bits per heavy atom. The van der Waals surface area contributed by atoms with Gasteiger partial charge in [0.15, 0.2) is 6.10 Å². The van der Waals surface area contributed by atoms with E-state index in [1.54, 1.807) is 30.3 Å². The first-order valence-corrected chi connectivity index (χ1v) is 10.8. The highest BCUT2D eigenvalue weighted by molar-refractivity contribution is 9.10. The number of halogens is 2. The Morgan fingerprint density at radius 2 is 2.06 bits per heavy atom. The third-order valence-electron chi connectivity index (χ3n) is 4.82. The Kier molecular flexibility index (Phi) is 7.12. The van der Waals surface area contributed by atoms with Crippen LogP contribution in [0.2, 0.25) is 5.02 Å². The Hall–Kier alpha value is -2.71. The molecule has 1 N–H and O–H groups in total. The molecule has 31 heavy (non-hydrogen) atoms. The van der Waals surface area contributed by atoms with Crippen LogP contribution < -0.4 is 10.3 Å². The minimum Gasteiger partial charge on any atom is -0.479 e. The third-order valence-corrected chi connectivity index (χ3v) is 5.55. The van der Waals surface area contributed by atoms with Crippen LogP contribution >= 0.6 is 27.5 Å². The van der Waals surface area contributed by atoms with E-state index in [0.717, 1.165) is 10.9 Å². The molecule has 3 rings (SSSR count). The third kappa shape index (κ3) is 5.14. The Balaban J connectivity index is 2.15. The number of carbonyl (C=O) groups is 1. The molecule has 0 saturated carbocycles. The average Bonchev–Trinajstić information content (AvgIpc) is 2.74. The number of hydrogen-bond donors (Lipinski definition) is 1. The van der Waals surface area contributed by atoms with Gasteiger partial charge in [0.05, 0.1) is 17.1 Å². The fourth-order valence-electron chi connectivity index (χ4n) is 2.87. The second-order valence-corrected chi connectivity index (χ2v) is 8.43. The van der Waals surface area contributed by atoms with Crippen molar-refractivity contribution in [2.45, 2.75) is 39.2 Å². The molecule has 0 saturated heterocycles. The summed E-state index contributed by atoms with van der Waals surface area (Å²) < 4.78 is 7.54. The lowest BCUT2D eigenvalue weighted by Crippen LogP contribution is -2.24. The van der Waals surface area contributed by atoms with E-state index in [2.05, 4.69) is 26.0 Å². The molecule has 7 nitrogen and oxygen atoms in total. The highest BCUT2D eigenvalue weighted by Gasteiger charge is 2.17. The van der Waals surface area contributed by atoms with Crippen LogP contribution in [0.25, 0.3) is 10.9 Å². The first kappa shape index (κ1) is 23.0. The number of ether oxygens (including phenoxy) is 1. The summed E-state index contributed by atoms with van der Waals surface area (Å²) in [6.45, 7) is 5.41. The van der Waals surface area contributed by atoms with Crippen LogP contribution in [-0.2, 0) is 4.79 Å². The minimum atomic E-state index is -1.10. The zero-order valence-corrected chi connectivity index (χ0v) is 19.5. The number of carboxylic acids is 1. The number of fused-ring (bicyclic) bond motifs is 1. The number of benzene rings is 2. The minimum absolute atomic E-state index is 0.0139. The molecule has 0 unspecified atom stereocenters. The van der Waals surface area contributed by atoms with Gasteiger partial charge in [0.1, 0.15) is 11.6 Å². The number of nitrogens with zero attached hydrogens (tertiary/aromatic N) is 3. The van der Waals surface area contributed by atoms with Gasteiger partial charge in [0.2, 0.25) is 0 Å². The molecule has 9 heteroatoms. The monoisotopic (exact) mass is 505 g/mol. The summed E-state index contributed by atoms with van der Waals surface area (Å²) in [5.41, 5.74) is 0.732. The van der Waals surface area contributed by atoms with Gasteiger partial charge in [-0.2, -0.15) is 9.78 Å². The van der Waals surface area contributed by atoms with Crippen molar-refractivity contribution >= 4 is 50.6 Å². The van der Waals surface area contributed by atoms with Crippen LogP contribution in [0.5, 0.6) is 5.75 Å². The molecule has 0 aliphatic heterocycles. The molecular weight excluding hydrogens is 486 g/mol. The SMILES string of the molecule is CC[C@H](C)c1nc2ccc(Br)cc2c(=O)n1N=Cc1cc(Cl)ccc1O[C@H](C)C(=O)O. The standard InChI is InChI=1S/C22H21BrClN3O4/c1-4-12(2)20-26-18-7-5-15(23)10-17(18)21(28)27(20)25-11-14-9-16(24)6-8-19(14)31-13(3)22(29)30/h5-13H,4H2,1-3H3,(H,29,30)/t12-,13+/m0/s1. The van der Waals surface area contributed by atoms with Gasteiger partial charge in [-0.05, 0) is 49.7 Å². The van der Waals surface area contributed by atoms with E-state index in [1.807, 2.05) is 19.9 Å². The maximum absolute atomic E-state index is 13.2. The number of hydrogen-bond acceptors (Lipinski definition) is 5. The van der Waals surface area contributed by atoms with Gasteiger partial charge in [-0.15, -0.1) is 0 Å². The number of carboxylic acid groups (broad SMARTS) is 1. The predicted molar refractivity (Wildman–Crippen MR) is 125 cm³/mol. The van der Waals surface area contributed by atoms with E-state index in [-0.39, 0.29) is 17.2 Å². The summed E-state index contributed by atoms with van der Waals surface area (Å²) in [5, 5.41) is 14.4. The van der Waals surface area contributed by atoms with E-state index < -0.39 is 12.1 Å². The smallest absolute Gasteiger partial charge is 0.344 e. The zero-order chi connectivity index (χ0) is 22.7. The Labute approximate surface area is 192 Å². The van der Waals surface area contributed by atoms with E-state index in [4.69, 9.17) is 21.4 Å². The molecule has 0 spiro atoms. The number of rotatable bonds is 7. The average molecular weight is 507 g/mol. The Bertz CT molecular complexity index is 1230. The van der Waals surface area contributed by atoms with Crippen molar-refractivity contribution in [3.05, 3.63) is 67.6 Å². The number of aromatic nitrogens is 2. The molecule has 0 amide bonds. The van der Waals surface area contributed by atoms with Gasteiger partial charge in [-0.1, -0.05) is 41.4 Å². The summed E-state index contributed by atoms with van der Waals surface area (Å²) in [6, 6.07) is 10.1. The molecule has 2 aromatic carbocycles. The molecular formula is C22H21BrClN3O4. The highest BCUT2D eigenvalue weighted by Crippen LogP contribution is 2.24. The lowest BCUT2D eigenvalue weighted by molar-refractivity contribution is -0.144. The predicted octanol–water partition coefficient (Wildman–Crippen LogP) is 5.06. The summed E-state index contributed by atoms with van der Waals surface area (Å²) >= 11 is 9.50. The zero-order valence-electron chi connectivity index (χ0n) is 17.2. The van der Waals surface area contributed by atoms with Crippen molar-refractivity contribution in [2.24, 2.45) is 5.10 Å². The molecule has 0 aliphatic rings. The van der Waals surface area contributed by atoms with Crippen LogP contribution in [0.1, 0.15) is 44.5 Å². The van der Waals surface area contributed by atoms with Crippen molar-refractivity contribution in [1.82, 2.24) is 9.66 Å². The van der Waals surface area contributed by atoms with Crippen LogP contribution in [0.4, 0.5) is 0 Å². The second-order valence-electron chi connectivity index (χ2n) is 7.08. The second kappa shape index (κ2) is 9.62. The molecule has 2 atom stereocenters. The van der Waals surface area contributed by atoms with Gasteiger partial charge < -0.3 is 9.84 Å². The van der Waals surface area contributed by atoms with E-state index in [9.17, 15) is 9.59 Å². The molecule has 0 radical (unpaired) electrons. The topological polar surface area (TPSA) is 93.8 Å². The maximum Gasteiger partial charge on any atom is 0.344 e. The van der Waals surface area contributed by atoms with Gasteiger partial charge in [0.25, 0.3) is 5.56 Å². The largest absolute Gasteiger partial charge is 0.479 e. The van der Waals surface area contributed by atoms with Crippen LogP contribution in [0, 0.1) is 0 Å². The molecule has 0 bridgehead atoms. The van der Waals surface area contributed by atoms with Gasteiger partial charge in [-0.3, -0.25) is 4.79 Å². The lowest BCUT2D eigenvalue weighted by atomic mass is 10.1. The molecule has 162 valence electrons. The summed E-state index contributed by atoms with van der Waals surface area (Å²) in [6.07, 6.45) is 1.13. The van der Waals surface area contributed by atoms with E-state index in [1.165, 1.54) is 17.8 Å². The maximum atomic E-state index is 13.2. The summed E-state index contributed by atoms with van der Waals surface area (Å²) in [5.74, 6) is -0.294. The van der Waals surface area contributed by atoms with Crippen molar-refractivity contribution in [2.75, 3.05) is 0 Å². The van der Waals surface area contributed by atoms with Gasteiger partial charge in [-0.25, -0.2) is 9.78 Å². The lowest BCUT2D eigenvalue weighted by Gasteiger charge is -2.15. The van der Waals surface area contributed by atoms with Gasteiger partial charge in [0, 0.05) is 21.0 Å². The van der Waals surface area contributed by atoms with Crippen molar-refractivity contribution in [1.29, 1.82) is 0 Å². The molecule has 0 fully saturated rings. The fraction of sp³-hybridized carbons (Fsp3) is 0.273. The fourth-order valence-corrected chi connectivity index (χ4v) is 3.41. The normalized spacial score (nSPS) is 13.5. The molecule has 1 heterocycles. The van der Waals surface area contributed by atoms with Crippen LogP contribution in [0.15, 0.2) is 50.8 Å². The van der Waals surface area contributed by atoms with Crippen LogP contribution in [0.3, 0.4) is 0 Å². The van der Waals surface area contributed by atoms with Crippen molar-refractivity contribution in [3.8, 4) is 5.75 Å². The first-order chi connectivity index (χ1) is 14.7. The van der Waals surface area contributed by atoms with E-state index >= 15 is 0 Å². The van der Waals surface area contributed by atoms with Crippen molar-refractivity contribution < 1.29 is 14.6 Å². The molecule has 3 aromatic rings. The quantitative estimate of drug-likeness (QED) is 0.452. The Morgan fingerprint density at radius 1 is 1.32 bits per heavy atom. The van der Waals surface area contributed by atoms with Crippen molar-refractivity contribution in [3.63, 3.8) is 0 Å². The highest BCUT2D eigenvalue weighted by atomic mass is 79.9. The first-order valence-electron chi connectivity index (χ1n) is 9.66. The van der Waals surface area contributed by atoms with E-state index in [0.29, 0.717) is 27.3 Å². The number of aliphatic carboxylic acids is 1. The molecule has 1 aromatic heterocycles. The summed E-state index contributed by atoms with van der Waals surface area (Å²) in [7, 11) is 0. The van der Waals surface area contributed by atoms with Crippen LogP contribution in [-0.4, -0.2) is 33.1 Å².